The summed E-state index contributed by atoms with van der Waals surface area (Å²) >= 11 is 0. The molecule has 1 aliphatic carbocycles. The lowest BCUT2D eigenvalue weighted by Crippen LogP contribution is -2.30. The van der Waals surface area contributed by atoms with E-state index in [9.17, 15) is 0 Å². The van der Waals surface area contributed by atoms with E-state index in [0.29, 0.717) is 5.92 Å². The Kier molecular flexibility index (Phi) is 5.64. The second-order valence-corrected chi connectivity index (χ2v) is 5.51. The van der Waals surface area contributed by atoms with Gasteiger partial charge in [-0.2, -0.15) is 0 Å². The van der Waals surface area contributed by atoms with Crippen molar-refractivity contribution < 1.29 is 4.74 Å². The number of pyridine rings is 1. The molecule has 106 valence electrons. The molecule has 3 heteroatoms. The first-order valence-electron chi connectivity index (χ1n) is 7.54. The molecule has 0 spiro atoms. The molecule has 19 heavy (non-hydrogen) atoms. The van der Waals surface area contributed by atoms with Gasteiger partial charge in [0.25, 0.3) is 0 Å². The van der Waals surface area contributed by atoms with Crippen molar-refractivity contribution in [3.8, 4) is 5.75 Å². The summed E-state index contributed by atoms with van der Waals surface area (Å²) in [5, 5.41) is 3.58. The van der Waals surface area contributed by atoms with Gasteiger partial charge in [0.05, 0.1) is 13.3 Å². The first-order valence-corrected chi connectivity index (χ1v) is 7.54. The summed E-state index contributed by atoms with van der Waals surface area (Å²) in [5.74, 6) is 2.26. The standard InChI is InChI=1S/C16H26N2O/c1-3-8-17-10-13-6-4-5-7-16(13)14-9-15(19-2)12-18-11-14/h9,11-13,16-17H,3-8,10H2,1-2H3. The van der Waals surface area contributed by atoms with Crippen molar-refractivity contribution in [1.82, 2.24) is 10.3 Å². The maximum absolute atomic E-state index is 5.30. The third kappa shape index (κ3) is 3.93. The number of aromatic nitrogens is 1. The van der Waals surface area contributed by atoms with Crippen LogP contribution in [0.3, 0.4) is 0 Å². The van der Waals surface area contributed by atoms with Gasteiger partial charge < -0.3 is 10.1 Å². The lowest BCUT2D eigenvalue weighted by molar-refractivity contribution is 0.294. The lowest BCUT2D eigenvalue weighted by Gasteiger charge is -2.32. The third-order valence-corrected chi connectivity index (χ3v) is 4.14. The van der Waals surface area contributed by atoms with Crippen LogP contribution >= 0.6 is 0 Å². The van der Waals surface area contributed by atoms with Gasteiger partial charge in [-0.25, -0.2) is 0 Å². The Morgan fingerprint density at radius 1 is 1.32 bits per heavy atom. The molecule has 0 amide bonds. The zero-order valence-corrected chi connectivity index (χ0v) is 12.2. The number of methoxy groups -OCH3 is 1. The van der Waals surface area contributed by atoms with E-state index >= 15 is 0 Å². The van der Waals surface area contributed by atoms with E-state index in [4.69, 9.17) is 4.74 Å². The fourth-order valence-electron chi connectivity index (χ4n) is 3.11. The van der Waals surface area contributed by atoms with Crippen LogP contribution in [-0.4, -0.2) is 25.2 Å². The molecule has 0 bridgehead atoms. The first-order chi connectivity index (χ1) is 9.35. The Balaban J connectivity index is 2.05. The summed E-state index contributed by atoms with van der Waals surface area (Å²) in [4.78, 5) is 4.32. The van der Waals surface area contributed by atoms with Crippen LogP contribution in [0.4, 0.5) is 0 Å². The van der Waals surface area contributed by atoms with E-state index < -0.39 is 0 Å². The molecule has 2 rings (SSSR count). The fourth-order valence-corrected chi connectivity index (χ4v) is 3.11. The maximum atomic E-state index is 5.30. The normalized spacial score (nSPS) is 23.3. The van der Waals surface area contributed by atoms with E-state index in [1.807, 2.05) is 6.20 Å². The number of rotatable bonds is 6. The summed E-state index contributed by atoms with van der Waals surface area (Å²) < 4.78 is 5.30. The molecule has 1 aliphatic rings. The highest BCUT2D eigenvalue weighted by Crippen LogP contribution is 2.38. The van der Waals surface area contributed by atoms with Crippen molar-refractivity contribution in [2.24, 2.45) is 5.92 Å². The van der Waals surface area contributed by atoms with Crippen LogP contribution in [0.5, 0.6) is 5.75 Å². The van der Waals surface area contributed by atoms with Crippen molar-refractivity contribution in [1.29, 1.82) is 0 Å². The van der Waals surface area contributed by atoms with Crippen molar-refractivity contribution in [3.05, 3.63) is 24.0 Å². The average Bonchev–Trinajstić information content (AvgIpc) is 2.48. The Hall–Kier alpha value is -1.09. The molecule has 1 N–H and O–H groups in total. The van der Waals surface area contributed by atoms with Gasteiger partial charge in [0.2, 0.25) is 0 Å². The zero-order valence-electron chi connectivity index (χ0n) is 12.2. The molecule has 1 heterocycles. The van der Waals surface area contributed by atoms with Gasteiger partial charge in [-0.05, 0) is 55.8 Å². The SMILES string of the molecule is CCCNCC1CCCCC1c1cncc(OC)c1. The van der Waals surface area contributed by atoms with Crippen molar-refractivity contribution in [3.63, 3.8) is 0 Å². The molecule has 1 saturated carbocycles. The highest BCUT2D eigenvalue weighted by molar-refractivity contribution is 5.27. The smallest absolute Gasteiger partial charge is 0.137 e. The average molecular weight is 262 g/mol. The van der Waals surface area contributed by atoms with E-state index in [0.717, 1.165) is 24.8 Å². The predicted octanol–water partition coefficient (Wildman–Crippen LogP) is 3.36. The van der Waals surface area contributed by atoms with Crippen LogP contribution < -0.4 is 10.1 Å². The van der Waals surface area contributed by atoms with Crippen molar-refractivity contribution >= 4 is 0 Å². The first kappa shape index (κ1) is 14.3. The molecule has 0 aromatic carbocycles. The topological polar surface area (TPSA) is 34.2 Å². The highest BCUT2D eigenvalue weighted by Gasteiger charge is 2.26. The molecule has 2 unspecified atom stereocenters. The van der Waals surface area contributed by atoms with Gasteiger partial charge in [-0.3, -0.25) is 4.98 Å². The largest absolute Gasteiger partial charge is 0.495 e. The lowest BCUT2D eigenvalue weighted by atomic mass is 9.76. The molecule has 1 fully saturated rings. The van der Waals surface area contributed by atoms with Crippen LogP contribution in [0.25, 0.3) is 0 Å². The summed E-state index contributed by atoms with van der Waals surface area (Å²) in [6.07, 6.45) is 10.3. The van der Waals surface area contributed by atoms with Gasteiger partial charge in [-0.1, -0.05) is 19.8 Å². The van der Waals surface area contributed by atoms with Crippen molar-refractivity contribution in [2.75, 3.05) is 20.2 Å². The van der Waals surface area contributed by atoms with Gasteiger partial charge in [0.1, 0.15) is 5.75 Å². The van der Waals surface area contributed by atoms with Crippen LogP contribution in [0, 0.1) is 5.92 Å². The molecular weight excluding hydrogens is 236 g/mol. The second-order valence-electron chi connectivity index (χ2n) is 5.51. The van der Waals surface area contributed by atoms with E-state index in [-0.39, 0.29) is 0 Å². The minimum absolute atomic E-state index is 0.640. The molecule has 2 atom stereocenters. The molecule has 0 radical (unpaired) electrons. The molecule has 1 aromatic rings. The number of hydrogen-bond acceptors (Lipinski definition) is 3. The minimum Gasteiger partial charge on any atom is -0.495 e. The number of ether oxygens (including phenoxy) is 1. The third-order valence-electron chi connectivity index (χ3n) is 4.14. The number of nitrogens with zero attached hydrogens (tertiary/aromatic N) is 1. The zero-order chi connectivity index (χ0) is 13.5. The maximum Gasteiger partial charge on any atom is 0.137 e. The highest BCUT2D eigenvalue weighted by atomic mass is 16.5. The quantitative estimate of drug-likeness (QED) is 0.798. The Morgan fingerprint density at radius 3 is 2.95 bits per heavy atom. The summed E-state index contributed by atoms with van der Waals surface area (Å²) in [7, 11) is 1.71. The van der Waals surface area contributed by atoms with E-state index in [2.05, 4.69) is 23.3 Å². The van der Waals surface area contributed by atoms with Gasteiger partial charge in [-0.15, -0.1) is 0 Å². The van der Waals surface area contributed by atoms with Gasteiger partial charge in [0, 0.05) is 6.20 Å². The van der Waals surface area contributed by atoms with Gasteiger partial charge >= 0.3 is 0 Å². The molecule has 1 aromatic heterocycles. The Bertz CT molecular complexity index is 381. The fraction of sp³-hybridized carbons (Fsp3) is 0.688. The van der Waals surface area contributed by atoms with Gasteiger partial charge in [0.15, 0.2) is 0 Å². The monoisotopic (exact) mass is 262 g/mol. The van der Waals surface area contributed by atoms with E-state index in [1.165, 1.54) is 37.7 Å². The van der Waals surface area contributed by atoms with Crippen LogP contribution in [-0.2, 0) is 0 Å². The second kappa shape index (κ2) is 7.49. The summed E-state index contributed by atoms with van der Waals surface area (Å²) in [6.45, 7) is 4.48. The number of hydrogen-bond donors (Lipinski definition) is 1. The Morgan fingerprint density at radius 2 is 2.16 bits per heavy atom. The van der Waals surface area contributed by atoms with Crippen molar-refractivity contribution in [2.45, 2.75) is 44.9 Å². The summed E-state index contributed by atoms with van der Waals surface area (Å²) in [5.41, 5.74) is 1.35. The predicted molar refractivity (Wildman–Crippen MR) is 78.6 cm³/mol. The minimum atomic E-state index is 0.640. The molecule has 3 nitrogen and oxygen atoms in total. The van der Waals surface area contributed by atoms with Crippen LogP contribution in [0.1, 0.15) is 50.5 Å². The molecule has 0 aliphatic heterocycles. The Labute approximate surface area is 116 Å². The number of nitrogens with one attached hydrogen (secondary N) is 1. The van der Waals surface area contributed by atoms with Crippen LogP contribution in [0.15, 0.2) is 18.5 Å². The van der Waals surface area contributed by atoms with E-state index in [1.54, 1.807) is 13.3 Å². The molecular formula is C16H26N2O. The molecule has 0 saturated heterocycles. The van der Waals surface area contributed by atoms with Crippen LogP contribution in [0.2, 0.25) is 0 Å². The summed E-state index contributed by atoms with van der Waals surface area (Å²) in [6, 6.07) is 2.16.